The summed E-state index contributed by atoms with van der Waals surface area (Å²) >= 11 is 0. The van der Waals surface area contributed by atoms with Gasteiger partial charge in [0.25, 0.3) is 0 Å². The van der Waals surface area contributed by atoms with Crippen LogP contribution >= 0.6 is 0 Å². The quantitative estimate of drug-likeness (QED) is 0.363. The molecule has 0 radical (unpaired) electrons. The van der Waals surface area contributed by atoms with Crippen molar-refractivity contribution in [1.29, 1.82) is 0 Å². The molecule has 0 unspecified atom stereocenters. The normalized spacial score (nSPS) is 13.6. The van der Waals surface area contributed by atoms with Gasteiger partial charge in [-0.3, -0.25) is 5.43 Å². The van der Waals surface area contributed by atoms with Gasteiger partial charge in [0.1, 0.15) is 0 Å². The number of nitrogens with zero attached hydrogens (tertiary/aromatic N) is 2. The smallest absolute Gasteiger partial charge is 0.0900 e. The molecule has 164 valence electrons. The molecule has 3 nitrogen and oxygen atoms in total. The van der Waals surface area contributed by atoms with Crippen LogP contribution in [0, 0.1) is 0 Å². The van der Waals surface area contributed by atoms with Crippen molar-refractivity contribution in [3.63, 3.8) is 0 Å². The highest BCUT2D eigenvalue weighted by Gasteiger charge is 2.27. The van der Waals surface area contributed by atoms with Crippen molar-refractivity contribution in [2.24, 2.45) is 0 Å². The zero-order chi connectivity index (χ0) is 22.8. The van der Waals surface area contributed by atoms with E-state index in [1.807, 2.05) is 12.1 Å². The van der Waals surface area contributed by atoms with Crippen LogP contribution in [0.2, 0.25) is 0 Å². The lowest BCUT2D eigenvalue weighted by Crippen LogP contribution is -2.43. The Bertz CT molecular complexity index is 1240. The summed E-state index contributed by atoms with van der Waals surface area (Å²) in [7, 11) is 0. The Morgan fingerprint density at radius 3 is 1.70 bits per heavy atom. The van der Waals surface area contributed by atoms with Crippen molar-refractivity contribution in [3.05, 3.63) is 127 Å². The summed E-state index contributed by atoms with van der Waals surface area (Å²) in [4.78, 5) is 0. The number of para-hydroxylation sites is 1. The third-order valence-corrected chi connectivity index (χ3v) is 6.02. The Hall–Kier alpha value is -3.98. The summed E-state index contributed by atoms with van der Waals surface area (Å²) in [6, 6.07) is 38.5. The van der Waals surface area contributed by atoms with Gasteiger partial charge < -0.3 is 0 Å². The zero-order valence-electron chi connectivity index (χ0n) is 19.4. The molecular weight excluding hydrogens is 402 g/mol. The molecular formula is C30H29N3. The highest BCUT2D eigenvalue weighted by molar-refractivity contribution is 5.85. The number of anilines is 2. The van der Waals surface area contributed by atoms with E-state index in [0.717, 1.165) is 17.1 Å². The van der Waals surface area contributed by atoms with Crippen LogP contribution in [0.1, 0.15) is 31.9 Å². The number of hydrogen-bond donors (Lipinski definition) is 1. The number of hydrogen-bond acceptors (Lipinski definition) is 3. The molecule has 0 amide bonds. The molecule has 0 saturated carbocycles. The predicted molar refractivity (Wildman–Crippen MR) is 140 cm³/mol. The summed E-state index contributed by atoms with van der Waals surface area (Å²) in [5.74, 6) is 0. The van der Waals surface area contributed by atoms with Crippen LogP contribution in [-0.2, 0) is 5.41 Å². The number of rotatable bonds is 4. The van der Waals surface area contributed by atoms with Crippen LogP contribution in [0.15, 0.2) is 115 Å². The van der Waals surface area contributed by atoms with E-state index in [1.165, 1.54) is 22.3 Å². The summed E-state index contributed by atoms with van der Waals surface area (Å²) in [6.07, 6.45) is 2.07. The second-order valence-electron chi connectivity index (χ2n) is 9.36. The molecule has 33 heavy (non-hydrogen) atoms. The molecule has 0 bridgehead atoms. The predicted octanol–water partition coefficient (Wildman–Crippen LogP) is 7.40. The maximum Gasteiger partial charge on any atom is 0.0900 e. The van der Waals surface area contributed by atoms with Gasteiger partial charge in [-0.2, -0.15) is 5.12 Å². The van der Waals surface area contributed by atoms with E-state index in [1.54, 1.807) is 0 Å². The molecule has 5 rings (SSSR count). The first-order valence-corrected chi connectivity index (χ1v) is 11.4. The van der Waals surface area contributed by atoms with Crippen molar-refractivity contribution in [2.75, 3.05) is 10.1 Å². The second kappa shape index (κ2) is 8.51. The molecule has 4 aromatic carbocycles. The number of benzene rings is 4. The molecule has 4 aromatic rings. The fraction of sp³-hybridized carbons (Fsp3) is 0.133. The van der Waals surface area contributed by atoms with Gasteiger partial charge in [0, 0.05) is 11.8 Å². The van der Waals surface area contributed by atoms with Gasteiger partial charge in [-0.25, -0.2) is 5.01 Å². The van der Waals surface area contributed by atoms with Crippen LogP contribution in [0.25, 0.3) is 16.8 Å². The third-order valence-electron chi connectivity index (χ3n) is 6.02. The van der Waals surface area contributed by atoms with Crippen molar-refractivity contribution in [3.8, 4) is 11.1 Å². The summed E-state index contributed by atoms with van der Waals surface area (Å²) in [5, 5.41) is 4.32. The van der Waals surface area contributed by atoms with E-state index >= 15 is 0 Å². The van der Waals surface area contributed by atoms with E-state index in [4.69, 9.17) is 0 Å². The summed E-state index contributed by atoms with van der Waals surface area (Å²) in [6.45, 7) is 6.74. The Morgan fingerprint density at radius 1 is 0.545 bits per heavy atom. The standard InChI is InChI=1S/C30H29N3/c1-30(2,3)26-18-14-25(15-19-26)29-22-31-33(32(29)27-12-8-5-9-13-27)28-20-16-24(17-21-28)23-10-6-4-7-11-23/h4-22,31H,1-3H3. The Morgan fingerprint density at radius 2 is 1.09 bits per heavy atom. The van der Waals surface area contributed by atoms with E-state index in [0.29, 0.717) is 0 Å². The fourth-order valence-corrected chi connectivity index (χ4v) is 4.13. The SMILES string of the molecule is CC(C)(C)c1ccc(C2=CNN(c3ccc(-c4ccccc4)cc3)N2c2ccccc2)cc1. The summed E-state index contributed by atoms with van der Waals surface area (Å²) < 4.78 is 0. The van der Waals surface area contributed by atoms with Crippen LogP contribution in [0.3, 0.4) is 0 Å². The van der Waals surface area contributed by atoms with Crippen LogP contribution in [-0.4, -0.2) is 0 Å². The number of nitrogens with one attached hydrogen (secondary N) is 1. The van der Waals surface area contributed by atoms with Crippen molar-refractivity contribution in [2.45, 2.75) is 26.2 Å². The molecule has 0 aromatic heterocycles. The minimum atomic E-state index is 0.131. The first kappa shape index (κ1) is 20.9. The fourth-order valence-electron chi connectivity index (χ4n) is 4.13. The molecule has 3 heteroatoms. The lowest BCUT2D eigenvalue weighted by Gasteiger charge is -2.33. The number of hydrazine groups is 2. The van der Waals surface area contributed by atoms with Crippen LogP contribution < -0.4 is 15.6 Å². The van der Waals surface area contributed by atoms with Gasteiger partial charge in [-0.15, -0.1) is 0 Å². The average Bonchev–Trinajstić information content (AvgIpc) is 3.30. The van der Waals surface area contributed by atoms with Gasteiger partial charge in [0.15, 0.2) is 0 Å². The maximum atomic E-state index is 3.47. The zero-order valence-corrected chi connectivity index (χ0v) is 19.4. The Labute approximate surface area is 196 Å². The molecule has 1 aliphatic heterocycles. The Kier molecular flexibility index (Phi) is 5.39. The monoisotopic (exact) mass is 431 g/mol. The second-order valence-corrected chi connectivity index (χ2v) is 9.36. The van der Waals surface area contributed by atoms with E-state index in [-0.39, 0.29) is 5.41 Å². The van der Waals surface area contributed by atoms with Gasteiger partial charge in [0.05, 0.1) is 17.1 Å². The average molecular weight is 432 g/mol. The van der Waals surface area contributed by atoms with Crippen molar-refractivity contribution < 1.29 is 0 Å². The van der Waals surface area contributed by atoms with E-state index in [9.17, 15) is 0 Å². The van der Waals surface area contributed by atoms with Crippen LogP contribution in [0.5, 0.6) is 0 Å². The van der Waals surface area contributed by atoms with Gasteiger partial charge in [0.2, 0.25) is 0 Å². The third kappa shape index (κ3) is 4.22. The molecule has 0 saturated heterocycles. The lowest BCUT2D eigenvalue weighted by atomic mass is 9.86. The Balaban J connectivity index is 1.49. The summed E-state index contributed by atoms with van der Waals surface area (Å²) in [5.41, 5.74) is 11.8. The molecule has 0 fully saturated rings. The minimum Gasteiger partial charge on any atom is -0.284 e. The highest BCUT2D eigenvalue weighted by Crippen LogP contribution is 2.35. The van der Waals surface area contributed by atoms with Crippen LogP contribution in [0.4, 0.5) is 11.4 Å². The minimum absolute atomic E-state index is 0.131. The molecule has 1 heterocycles. The van der Waals surface area contributed by atoms with Gasteiger partial charge >= 0.3 is 0 Å². The van der Waals surface area contributed by atoms with Gasteiger partial charge in [-0.05, 0) is 46.4 Å². The lowest BCUT2D eigenvalue weighted by molar-refractivity contribution is 0.590. The first-order valence-electron chi connectivity index (χ1n) is 11.4. The molecule has 1 aliphatic rings. The molecule has 0 spiro atoms. The van der Waals surface area contributed by atoms with Crippen molar-refractivity contribution >= 4 is 17.1 Å². The first-order chi connectivity index (χ1) is 16.0. The van der Waals surface area contributed by atoms with Gasteiger partial charge in [-0.1, -0.05) is 106 Å². The highest BCUT2D eigenvalue weighted by atomic mass is 15.8. The van der Waals surface area contributed by atoms with E-state index in [2.05, 4.69) is 140 Å². The topological polar surface area (TPSA) is 18.5 Å². The molecule has 0 aliphatic carbocycles. The van der Waals surface area contributed by atoms with E-state index < -0.39 is 0 Å². The largest absolute Gasteiger partial charge is 0.284 e. The molecule has 0 atom stereocenters. The van der Waals surface area contributed by atoms with Crippen molar-refractivity contribution in [1.82, 2.24) is 5.43 Å². The maximum absolute atomic E-state index is 3.47. The molecule has 1 N–H and O–H groups in total.